The number of imidazole rings is 1. The summed E-state index contributed by atoms with van der Waals surface area (Å²) in [6.07, 6.45) is 1.33. The van der Waals surface area contributed by atoms with Crippen molar-refractivity contribution in [2.75, 3.05) is 6.61 Å². The number of aryl methyl sites for hydroxylation is 1. The van der Waals surface area contributed by atoms with Crippen molar-refractivity contribution >= 4 is 32.9 Å². The van der Waals surface area contributed by atoms with E-state index < -0.39 is 5.41 Å². The van der Waals surface area contributed by atoms with Gasteiger partial charge in [-0.2, -0.15) is 0 Å². The zero-order valence-corrected chi connectivity index (χ0v) is 14.5. The van der Waals surface area contributed by atoms with Crippen molar-refractivity contribution in [2.24, 2.45) is 7.05 Å². The van der Waals surface area contributed by atoms with Gasteiger partial charge >= 0.3 is 5.97 Å². The maximum Gasteiger partial charge on any atom is 0.319 e. The highest BCUT2D eigenvalue weighted by atomic mass is 79.9. The van der Waals surface area contributed by atoms with Crippen LogP contribution in [0.2, 0.25) is 0 Å². The van der Waals surface area contributed by atoms with Crippen LogP contribution in [0.15, 0.2) is 22.7 Å². The molecule has 0 saturated carbocycles. The van der Waals surface area contributed by atoms with Gasteiger partial charge in [0.1, 0.15) is 11.2 Å². The van der Waals surface area contributed by atoms with Gasteiger partial charge in [-0.05, 0) is 38.0 Å². The minimum absolute atomic E-state index is 0.188. The number of halogens is 1. The second kappa shape index (κ2) is 6.18. The quantitative estimate of drug-likeness (QED) is 0.765. The number of aromatic nitrogens is 2. The van der Waals surface area contributed by atoms with Gasteiger partial charge < -0.3 is 9.30 Å². The van der Waals surface area contributed by atoms with Gasteiger partial charge in [-0.15, -0.1) is 0 Å². The van der Waals surface area contributed by atoms with E-state index in [4.69, 9.17) is 9.72 Å². The third-order valence-electron chi connectivity index (χ3n) is 4.14. The lowest BCUT2D eigenvalue weighted by molar-refractivity contribution is -0.151. The normalized spacial score (nSPS) is 11.9. The molecule has 1 aromatic carbocycles. The Morgan fingerprint density at radius 3 is 2.57 bits per heavy atom. The highest BCUT2D eigenvalue weighted by Crippen LogP contribution is 2.34. The van der Waals surface area contributed by atoms with E-state index in [2.05, 4.69) is 15.9 Å². The summed E-state index contributed by atoms with van der Waals surface area (Å²) in [7, 11) is 1.96. The van der Waals surface area contributed by atoms with Crippen LogP contribution in [0.5, 0.6) is 0 Å². The molecule has 114 valence electrons. The van der Waals surface area contributed by atoms with Crippen LogP contribution in [0.25, 0.3) is 11.0 Å². The highest BCUT2D eigenvalue weighted by Gasteiger charge is 2.42. The van der Waals surface area contributed by atoms with E-state index in [0.717, 1.165) is 21.3 Å². The number of ether oxygens (including phenoxy) is 1. The first-order valence-electron chi connectivity index (χ1n) is 7.29. The van der Waals surface area contributed by atoms with E-state index in [9.17, 15) is 4.79 Å². The van der Waals surface area contributed by atoms with Gasteiger partial charge in [-0.3, -0.25) is 4.79 Å². The van der Waals surface area contributed by atoms with Gasteiger partial charge in [-0.1, -0.05) is 29.8 Å². The van der Waals surface area contributed by atoms with Crippen LogP contribution >= 0.6 is 15.9 Å². The Hall–Kier alpha value is -1.36. The molecule has 0 unspecified atom stereocenters. The number of hydrogen-bond donors (Lipinski definition) is 0. The van der Waals surface area contributed by atoms with Crippen molar-refractivity contribution in [3.8, 4) is 0 Å². The van der Waals surface area contributed by atoms with Crippen molar-refractivity contribution in [3.63, 3.8) is 0 Å². The number of nitrogens with zero attached hydrogens (tertiary/aromatic N) is 2. The minimum atomic E-state index is -0.684. The van der Waals surface area contributed by atoms with Gasteiger partial charge in [0, 0.05) is 11.5 Å². The van der Waals surface area contributed by atoms with Crippen LogP contribution in [0.4, 0.5) is 0 Å². The molecule has 5 heteroatoms. The van der Waals surface area contributed by atoms with Crippen LogP contribution in [0, 0.1) is 0 Å². The summed E-state index contributed by atoms with van der Waals surface area (Å²) in [4.78, 5) is 17.3. The molecule has 21 heavy (non-hydrogen) atoms. The van der Waals surface area contributed by atoms with Crippen molar-refractivity contribution in [1.82, 2.24) is 9.55 Å². The predicted octanol–water partition coefficient (Wildman–Crippen LogP) is 3.96. The van der Waals surface area contributed by atoms with Gasteiger partial charge in [0.05, 0.1) is 17.6 Å². The first kappa shape index (κ1) is 16.0. The Morgan fingerprint density at radius 2 is 2.00 bits per heavy atom. The Labute approximate surface area is 133 Å². The van der Waals surface area contributed by atoms with E-state index in [1.54, 1.807) is 0 Å². The Kier molecular flexibility index (Phi) is 4.71. The molecule has 0 radical (unpaired) electrons. The smallest absolute Gasteiger partial charge is 0.319 e. The topological polar surface area (TPSA) is 44.1 Å². The molecule has 0 amide bonds. The summed E-state index contributed by atoms with van der Waals surface area (Å²) in [5.74, 6) is 0.589. The molecule has 0 saturated heterocycles. The SMILES string of the molecule is CCOC(=O)C(CC)(CC)c1nc2cc(Br)ccc2n1C. The summed E-state index contributed by atoms with van der Waals surface area (Å²) in [5.41, 5.74) is 1.22. The van der Waals surface area contributed by atoms with Gasteiger partial charge in [0.25, 0.3) is 0 Å². The molecule has 4 nitrogen and oxygen atoms in total. The Morgan fingerprint density at radius 1 is 1.33 bits per heavy atom. The number of rotatable bonds is 5. The van der Waals surface area contributed by atoms with Crippen LogP contribution in [0.1, 0.15) is 39.4 Å². The van der Waals surface area contributed by atoms with Gasteiger partial charge in [0.15, 0.2) is 0 Å². The van der Waals surface area contributed by atoms with Crippen molar-refractivity contribution < 1.29 is 9.53 Å². The van der Waals surface area contributed by atoms with E-state index in [1.807, 2.05) is 50.6 Å². The first-order valence-corrected chi connectivity index (χ1v) is 8.09. The highest BCUT2D eigenvalue weighted by molar-refractivity contribution is 9.10. The molecular formula is C16H21BrN2O2. The van der Waals surface area contributed by atoms with E-state index in [-0.39, 0.29) is 5.97 Å². The molecular weight excluding hydrogens is 332 g/mol. The standard InChI is InChI=1S/C16H21BrN2O2/c1-5-16(6-2,15(20)21-7-3)14-18-12-10-11(17)8-9-13(12)19(14)4/h8-10H,5-7H2,1-4H3. The second-order valence-electron chi connectivity index (χ2n) is 5.14. The maximum absolute atomic E-state index is 12.5. The van der Waals surface area contributed by atoms with Gasteiger partial charge in [-0.25, -0.2) is 4.98 Å². The summed E-state index contributed by atoms with van der Waals surface area (Å²) in [5, 5.41) is 0. The number of carbonyl (C=O) groups is 1. The molecule has 0 spiro atoms. The minimum Gasteiger partial charge on any atom is -0.465 e. The molecule has 0 aliphatic rings. The van der Waals surface area contributed by atoms with E-state index in [0.29, 0.717) is 19.4 Å². The second-order valence-corrected chi connectivity index (χ2v) is 6.05. The molecule has 2 aromatic rings. The van der Waals surface area contributed by atoms with Crippen molar-refractivity contribution in [2.45, 2.75) is 39.0 Å². The molecule has 0 fully saturated rings. The molecule has 0 aliphatic carbocycles. The Balaban J connectivity index is 2.65. The third-order valence-corrected chi connectivity index (χ3v) is 4.64. The summed E-state index contributed by atoms with van der Waals surface area (Å²) in [6.45, 7) is 6.24. The molecule has 1 heterocycles. The largest absolute Gasteiger partial charge is 0.465 e. The fourth-order valence-corrected chi connectivity index (χ4v) is 3.17. The fourth-order valence-electron chi connectivity index (χ4n) is 2.82. The lowest BCUT2D eigenvalue weighted by Gasteiger charge is -2.28. The van der Waals surface area contributed by atoms with Crippen molar-refractivity contribution in [1.29, 1.82) is 0 Å². The average molecular weight is 353 g/mol. The fraction of sp³-hybridized carbons (Fsp3) is 0.500. The molecule has 0 atom stereocenters. The van der Waals surface area contributed by atoms with Crippen LogP contribution in [-0.2, 0) is 22.0 Å². The summed E-state index contributed by atoms with van der Waals surface area (Å²) in [6, 6.07) is 5.97. The lowest BCUT2D eigenvalue weighted by Crippen LogP contribution is -2.38. The number of fused-ring (bicyclic) bond motifs is 1. The molecule has 0 aliphatic heterocycles. The Bertz CT molecular complexity index is 660. The van der Waals surface area contributed by atoms with Crippen LogP contribution in [-0.4, -0.2) is 22.1 Å². The average Bonchev–Trinajstić information content (AvgIpc) is 2.78. The predicted molar refractivity (Wildman–Crippen MR) is 87.3 cm³/mol. The number of esters is 1. The zero-order valence-electron chi connectivity index (χ0n) is 12.9. The third kappa shape index (κ3) is 2.59. The summed E-state index contributed by atoms with van der Waals surface area (Å²) >= 11 is 3.46. The molecule has 2 rings (SSSR count). The number of carbonyl (C=O) groups excluding carboxylic acids is 1. The van der Waals surface area contributed by atoms with Crippen molar-refractivity contribution in [3.05, 3.63) is 28.5 Å². The number of benzene rings is 1. The van der Waals surface area contributed by atoms with E-state index >= 15 is 0 Å². The van der Waals surface area contributed by atoms with Crippen LogP contribution < -0.4 is 0 Å². The zero-order chi connectivity index (χ0) is 15.6. The molecule has 0 bridgehead atoms. The maximum atomic E-state index is 12.5. The summed E-state index contributed by atoms with van der Waals surface area (Å²) < 4.78 is 8.30. The van der Waals surface area contributed by atoms with Crippen LogP contribution in [0.3, 0.4) is 0 Å². The lowest BCUT2D eigenvalue weighted by atomic mass is 9.81. The monoisotopic (exact) mass is 352 g/mol. The van der Waals surface area contributed by atoms with Gasteiger partial charge in [0.2, 0.25) is 0 Å². The number of hydrogen-bond acceptors (Lipinski definition) is 3. The molecule has 0 N–H and O–H groups in total. The first-order chi connectivity index (χ1) is 10.00. The molecule has 1 aromatic heterocycles. The van der Waals surface area contributed by atoms with E-state index in [1.165, 1.54) is 0 Å².